The molecule has 1 saturated heterocycles. The van der Waals surface area contributed by atoms with Gasteiger partial charge < -0.3 is 11.1 Å². The third kappa shape index (κ3) is 5.56. The summed E-state index contributed by atoms with van der Waals surface area (Å²) in [5, 5.41) is 12.5. The van der Waals surface area contributed by atoms with Crippen LogP contribution in [0.25, 0.3) is 39.5 Å². The molecule has 1 aliphatic rings. The lowest BCUT2D eigenvalue weighted by Crippen LogP contribution is -2.39. The number of nitrogens with two attached hydrogens (primary N) is 1. The number of anilines is 2. The molecule has 0 aliphatic carbocycles. The van der Waals surface area contributed by atoms with Crippen LogP contribution in [0.1, 0.15) is 24.1 Å². The number of hydrogen-bond donors (Lipinski definition) is 2. The fraction of sp³-hybridized carbons (Fsp3) is 0.176. The number of pyridine rings is 2. The minimum Gasteiger partial charge on any atom is -0.383 e. The van der Waals surface area contributed by atoms with E-state index in [-0.39, 0.29) is 6.04 Å². The standard InChI is InChI=1S/C34H30N10/c35-21-26-14-18-38-34(40-26)39-25-15-19-43(20-16-25)22-23-8-10-27(11-9-23)44-32(28-7-4-17-37-31(28)36)42-30-13-12-29(41-33(30)44)24-5-2-1-3-6-24/h1-14,17-18,25H,15-16,19-20,22H2,(H2,36,37)(H,38,39,40). The van der Waals surface area contributed by atoms with E-state index in [1.54, 1.807) is 18.5 Å². The van der Waals surface area contributed by atoms with Crippen molar-refractivity contribution in [2.45, 2.75) is 25.4 Å². The number of imidazole rings is 1. The van der Waals surface area contributed by atoms with Gasteiger partial charge in [-0.15, -0.1) is 0 Å². The smallest absolute Gasteiger partial charge is 0.224 e. The number of piperidine rings is 1. The summed E-state index contributed by atoms with van der Waals surface area (Å²) in [6, 6.07) is 30.5. The lowest BCUT2D eigenvalue weighted by Gasteiger charge is -2.32. The lowest BCUT2D eigenvalue weighted by molar-refractivity contribution is 0.211. The molecule has 6 aromatic rings. The van der Waals surface area contributed by atoms with Gasteiger partial charge in [-0.1, -0.05) is 42.5 Å². The van der Waals surface area contributed by atoms with E-state index in [0.717, 1.165) is 66.1 Å². The molecular formula is C34H30N10. The Labute approximate surface area is 254 Å². The van der Waals surface area contributed by atoms with Crippen LogP contribution in [0.3, 0.4) is 0 Å². The Bertz CT molecular complexity index is 1950. The SMILES string of the molecule is N#Cc1ccnc(NC2CCN(Cc3ccc(-n4c(-c5cccnc5N)nc5ccc(-c6ccccc6)nc54)cc3)CC2)n1. The van der Waals surface area contributed by atoms with Gasteiger partial charge in [-0.3, -0.25) is 9.47 Å². The number of nitriles is 1. The third-order valence-electron chi connectivity index (χ3n) is 7.95. The summed E-state index contributed by atoms with van der Waals surface area (Å²) in [5.74, 6) is 1.64. The first-order chi connectivity index (χ1) is 21.6. The van der Waals surface area contributed by atoms with Crippen molar-refractivity contribution in [3.8, 4) is 34.4 Å². The van der Waals surface area contributed by atoms with Crippen molar-refractivity contribution in [3.63, 3.8) is 0 Å². The first-order valence-electron chi connectivity index (χ1n) is 14.6. The van der Waals surface area contributed by atoms with Crippen LogP contribution >= 0.6 is 0 Å². The van der Waals surface area contributed by atoms with E-state index in [9.17, 15) is 0 Å². The van der Waals surface area contributed by atoms with Crippen LogP contribution in [-0.4, -0.2) is 53.5 Å². The second-order valence-electron chi connectivity index (χ2n) is 10.9. The minimum atomic E-state index is 0.281. The molecule has 0 amide bonds. The van der Waals surface area contributed by atoms with Gasteiger partial charge in [0.05, 0.1) is 11.3 Å². The van der Waals surface area contributed by atoms with Crippen LogP contribution in [0.4, 0.5) is 11.8 Å². The molecule has 2 aromatic carbocycles. The molecule has 10 nitrogen and oxygen atoms in total. The van der Waals surface area contributed by atoms with Crippen LogP contribution in [0.5, 0.6) is 0 Å². The van der Waals surface area contributed by atoms with Gasteiger partial charge in [0.15, 0.2) is 11.5 Å². The fourth-order valence-corrected chi connectivity index (χ4v) is 5.68. The highest BCUT2D eigenvalue weighted by Gasteiger charge is 2.21. The monoisotopic (exact) mass is 578 g/mol. The average molecular weight is 579 g/mol. The van der Waals surface area contributed by atoms with Gasteiger partial charge >= 0.3 is 0 Å². The number of hydrogen-bond acceptors (Lipinski definition) is 9. The summed E-state index contributed by atoms with van der Waals surface area (Å²) < 4.78 is 2.07. The highest BCUT2D eigenvalue weighted by Crippen LogP contribution is 2.32. The second kappa shape index (κ2) is 11.9. The summed E-state index contributed by atoms with van der Waals surface area (Å²) in [4.78, 5) is 25.3. The molecule has 0 saturated carbocycles. The van der Waals surface area contributed by atoms with E-state index in [1.165, 1.54) is 5.56 Å². The summed E-state index contributed by atoms with van der Waals surface area (Å²) in [7, 11) is 0. The van der Waals surface area contributed by atoms with Crippen LogP contribution in [0, 0.1) is 11.3 Å². The molecule has 5 heterocycles. The van der Waals surface area contributed by atoms with Gasteiger partial charge in [0.2, 0.25) is 5.95 Å². The zero-order chi connectivity index (χ0) is 29.9. The Morgan fingerprint density at radius 3 is 2.43 bits per heavy atom. The zero-order valence-electron chi connectivity index (χ0n) is 24.0. The molecule has 216 valence electrons. The number of benzene rings is 2. The largest absolute Gasteiger partial charge is 0.383 e. The maximum absolute atomic E-state index is 9.10. The molecular weight excluding hydrogens is 548 g/mol. The Kier molecular flexibility index (Phi) is 7.36. The Balaban J connectivity index is 1.13. The number of nitrogens with zero attached hydrogens (tertiary/aromatic N) is 8. The van der Waals surface area contributed by atoms with Gasteiger partial charge in [0.25, 0.3) is 0 Å². The summed E-state index contributed by atoms with van der Waals surface area (Å²) in [5.41, 5.74) is 13.1. The van der Waals surface area contributed by atoms with Gasteiger partial charge in [0.1, 0.15) is 23.1 Å². The molecule has 10 heteroatoms. The molecule has 0 bridgehead atoms. The average Bonchev–Trinajstić information content (AvgIpc) is 3.45. The van der Waals surface area contributed by atoms with E-state index < -0.39 is 0 Å². The number of likely N-dealkylation sites (tertiary alicyclic amines) is 1. The molecule has 44 heavy (non-hydrogen) atoms. The molecule has 4 aromatic heterocycles. The fourth-order valence-electron chi connectivity index (χ4n) is 5.68. The van der Waals surface area contributed by atoms with Crippen molar-refractivity contribution < 1.29 is 0 Å². The highest BCUT2D eigenvalue weighted by molar-refractivity contribution is 5.84. The van der Waals surface area contributed by atoms with Gasteiger partial charge in [-0.25, -0.2) is 24.9 Å². The van der Waals surface area contributed by atoms with Crippen LogP contribution in [0.2, 0.25) is 0 Å². The maximum atomic E-state index is 9.10. The summed E-state index contributed by atoms with van der Waals surface area (Å²) >= 11 is 0. The van der Waals surface area contributed by atoms with E-state index in [1.807, 2.05) is 42.5 Å². The van der Waals surface area contributed by atoms with Gasteiger partial charge in [-0.2, -0.15) is 5.26 Å². The molecule has 7 rings (SSSR count). The van der Waals surface area contributed by atoms with E-state index in [4.69, 9.17) is 21.0 Å². The maximum Gasteiger partial charge on any atom is 0.224 e. The van der Waals surface area contributed by atoms with Crippen LogP contribution < -0.4 is 11.1 Å². The van der Waals surface area contributed by atoms with Crippen molar-refractivity contribution in [1.82, 2.24) is 34.4 Å². The highest BCUT2D eigenvalue weighted by atomic mass is 15.2. The second-order valence-corrected chi connectivity index (χ2v) is 10.9. The quantitative estimate of drug-likeness (QED) is 0.253. The Morgan fingerprint density at radius 2 is 1.66 bits per heavy atom. The predicted octanol–water partition coefficient (Wildman–Crippen LogP) is 5.47. The molecule has 0 atom stereocenters. The molecule has 3 N–H and O–H groups in total. The number of fused-ring (bicyclic) bond motifs is 1. The number of nitrogen functional groups attached to an aromatic ring is 1. The Morgan fingerprint density at radius 1 is 0.841 bits per heavy atom. The number of aromatic nitrogens is 6. The first-order valence-corrected chi connectivity index (χ1v) is 14.6. The van der Waals surface area contributed by atoms with Crippen LogP contribution in [-0.2, 0) is 6.54 Å². The molecule has 1 fully saturated rings. The van der Waals surface area contributed by atoms with Crippen molar-refractivity contribution in [2.75, 3.05) is 24.1 Å². The first kappa shape index (κ1) is 27.2. The van der Waals surface area contributed by atoms with Crippen LogP contribution in [0.15, 0.2) is 97.3 Å². The number of nitrogens with one attached hydrogen (secondary N) is 1. The van der Waals surface area contributed by atoms with Crippen molar-refractivity contribution in [2.24, 2.45) is 0 Å². The van der Waals surface area contributed by atoms with E-state index in [0.29, 0.717) is 23.3 Å². The van der Waals surface area contributed by atoms with Crippen molar-refractivity contribution >= 4 is 22.9 Å². The van der Waals surface area contributed by atoms with Gasteiger partial charge in [-0.05, 0) is 60.9 Å². The normalized spacial score (nSPS) is 14.0. The van der Waals surface area contributed by atoms with Gasteiger partial charge in [0, 0.05) is 49.3 Å². The summed E-state index contributed by atoms with van der Waals surface area (Å²) in [6.45, 7) is 2.77. The third-order valence-corrected chi connectivity index (χ3v) is 7.95. The zero-order valence-corrected chi connectivity index (χ0v) is 24.0. The van der Waals surface area contributed by atoms with E-state index >= 15 is 0 Å². The lowest BCUT2D eigenvalue weighted by atomic mass is 10.0. The number of rotatable bonds is 7. The molecule has 0 spiro atoms. The van der Waals surface area contributed by atoms with E-state index in [2.05, 4.69) is 72.2 Å². The predicted molar refractivity (Wildman–Crippen MR) is 171 cm³/mol. The van der Waals surface area contributed by atoms with Crippen molar-refractivity contribution in [3.05, 3.63) is 109 Å². The minimum absolute atomic E-state index is 0.281. The molecule has 0 unspecified atom stereocenters. The summed E-state index contributed by atoms with van der Waals surface area (Å²) in [6.07, 6.45) is 5.26. The topological polar surface area (TPSA) is 134 Å². The molecule has 1 aliphatic heterocycles. The molecule has 0 radical (unpaired) electrons. The van der Waals surface area contributed by atoms with Crippen molar-refractivity contribution in [1.29, 1.82) is 5.26 Å². The Hall–Kier alpha value is -5.66.